The molecule has 0 aliphatic heterocycles. The summed E-state index contributed by atoms with van der Waals surface area (Å²) in [5.74, 6) is 2.50. The number of furan rings is 1. The van der Waals surface area contributed by atoms with Gasteiger partial charge in [-0.25, -0.2) is 5.10 Å². The molecule has 2 heterocycles. The molecule has 0 fully saturated rings. The summed E-state index contributed by atoms with van der Waals surface area (Å²) in [5, 5.41) is 11.3. The van der Waals surface area contributed by atoms with Gasteiger partial charge in [0.2, 0.25) is 10.6 Å². The van der Waals surface area contributed by atoms with Gasteiger partial charge in [-0.15, -0.1) is 5.10 Å². The molecule has 0 aliphatic carbocycles. The van der Waals surface area contributed by atoms with Gasteiger partial charge >= 0.3 is 0 Å². The van der Waals surface area contributed by atoms with Gasteiger partial charge in [-0.2, -0.15) is 9.78 Å². The van der Waals surface area contributed by atoms with Crippen LogP contribution in [0, 0.1) is 4.77 Å². The molecule has 0 radical (unpaired) electrons. The predicted octanol–water partition coefficient (Wildman–Crippen LogP) is 3.88. The Kier molecular flexibility index (Phi) is 5.30. The molecule has 1 N–H and O–H groups in total. The highest BCUT2D eigenvalue weighted by molar-refractivity contribution is 7.71. The second-order valence-electron chi connectivity index (χ2n) is 4.95. The molecular weight excluding hydrogens is 340 g/mol. The highest BCUT2D eigenvalue weighted by Crippen LogP contribution is 2.24. The Morgan fingerprint density at radius 1 is 1.28 bits per heavy atom. The second-order valence-corrected chi connectivity index (χ2v) is 5.34. The molecule has 130 valence electrons. The summed E-state index contributed by atoms with van der Waals surface area (Å²) >= 11 is 5.24. The minimum atomic E-state index is 0.367. The van der Waals surface area contributed by atoms with Crippen molar-refractivity contribution in [2.24, 2.45) is 5.10 Å². The summed E-state index contributed by atoms with van der Waals surface area (Å²) in [4.78, 5) is 0. The van der Waals surface area contributed by atoms with Gasteiger partial charge in [0.15, 0.2) is 5.76 Å². The van der Waals surface area contributed by atoms with E-state index in [9.17, 15) is 0 Å². The molecule has 25 heavy (non-hydrogen) atoms. The molecule has 0 spiro atoms. The van der Waals surface area contributed by atoms with Gasteiger partial charge in [0, 0.05) is 11.6 Å². The maximum atomic E-state index is 5.68. The van der Waals surface area contributed by atoms with Crippen LogP contribution in [0.1, 0.15) is 19.4 Å². The van der Waals surface area contributed by atoms with E-state index in [1.807, 2.05) is 32.0 Å². The molecule has 0 aliphatic rings. The van der Waals surface area contributed by atoms with Gasteiger partial charge in [0.05, 0.1) is 25.7 Å². The van der Waals surface area contributed by atoms with Gasteiger partial charge in [-0.3, -0.25) is 0 Å². The van der Waals surface area contributed by atoms with Crippen molar-refractivity contribution >= 4 is 18.4 Å². The zero-order chi connectivity index (χ0) is 17.6. The van der Waals surface area contributed by atoms with Crippen molar-refractivity contribution in [2.75, 3.05) is 13.2 Å². The number of nitrogens with one attached hydrogen (secondary N) is 1. The highest BCUT2D eigenvalue weighted by atomic mass is 32.1. The Morgan fingerprint density at radius 3 is 2.84 bits per heavy atom. The van der Waals surface area contributed by atoms with Crippen LogP contribution in [0.5, 0.6) is 11.5 Å². The lowest BCUT2D eigenvalue weighted by Crippen LogP contribution is -2.00. The smallest absolute Gasteiger partial charge is 0.219 e. The van der Waals surface area contributed by atoms with Gasteiger partial charge < -0.3 is 13.9 Å². The molecule has 3 aromatic rings. The van der Waals surface area contributed by atoms with Crippen LogP contribution < -0.4 is 9.47 Å². The quantitative estimate of drug-likeness (QED) is 0.512. The normalized spacial score (nSPS) is 11.1. The standard InChI is InChI=1S/C17H18N4O3S/c1-3-22-13-8-7-12(15(10-13)23-4-2)11-18-21-16(19-20-17(21)25)14-6-5-9-24-14/h5-11H,3-4H2,1-2H3,(H,20,25)/b18-11-. The number of hydrogen-bond donors (Lipinski definition) is 1. The van der Waals surface area contributed by atoms with E-state index in [1.54, 1.807) is 24.6 Å². The second kappa shape index (κ2) is 7.80. The summed E-state index contributed by atoms with van der Waals surface area (Å²) in [5.41, 5.74) is 0.804. The van der Waals surface area contributed by atoms with Crippen molar-refractivity contribution in [1.29, 1.82) is 0 Å². The molecule has 3 rings (SSSR count). The maximum Gasteiger partial charge on any atom is 0.219 e. The minimum absolute atomic E-state index is 0.367. The van der Waals surface area contributed by atoms with Gasteiger partial charge in [-0.1, -0.05) is 0 Å². The number of benzene rings is 1. The Balaban J connectivity index is 1.95. The zero-order valence-electron chi connectivity index (χ0n) is 13.9. The zero-order valence-corrected chi connectivity index (χ0v) is 14.7. The number of aromatic amines is 1. The molecule has 2 aromatic heterocycles. The Morgan fingerprint density at radius 2 is 2.12 bits per heavy atom. The van der Waals surface area contributed by atoms with Crippen molar-refractivity contribution in [1.82, 2.24) is 14.9 Å². The fraction of sp³-hybridized carbons (Fsp3) is 0.235. The number of H-pyrrole nitrogens is 1. The van der Waals surface area contributed by atoms with Crippen LogP contribution in [0.15, 0.2) is 46.1 Å². The van der Waals surface area contributed by atoms with Crippen LogP contribution in [0.4, 0.5) is 0 Å². The van der Waals surface area contributed by atoms with Crippen LogP contribution >= 0.6 is 12.2 Å². The summed E-state index contributed by atoms with van der Waals surface area (Å²) in [6.45, 7) is 5.00. The fourth-order valence-electron chi connectivity index (χ4n) is 2.24. The van der Waals surface area contributed by atoms with E-state index in [0.29, 0.717) is 35.3 Å². The van der Waals surface area contributed by atoms with E-state index < -0.39 is 0 Å². The first kappa shape index (κ1) is 17.0. The van der Waals surface area contributed by atoms with Gasteiger partial charge in [0.1, 0.15) is 11.5 Å². The van der Waals surface area contributed by atoms with E-state index in [-0.39, 0.29) is 0 Å². The molecular formula is C17H18N4O3S. The predicted molar refractivity (Wildman–Crippen MR) is 96.9 cm³/mol. The third kappa shape index (κ3) is 3.80. The summed E-state index contributed by atoms with van der Waals surface area (Å²) in [7, 11) is 0. The topological polar surface area (TPSA) is 77.6 Å². The first-order chi connectivity index (χ1) is 12.2. The molecule has 0 saturated heterocycles. The molecule has 7 nitrogen and oxygen atoms in total. The first-order valence-corrected chi connectivity index (χ1v) is 8.29. The highest BCUT2D eigenvalue weighted by Gasteiger charge is 2.11. The number of rotatable bonds is 7. The molecule has 0 atom stereocenters. The summed E-state index contributed by atoms with van der Waals surface area (Å²) in [6, 6.07) is 9.17. The third-order valence-electron chi connectivity index (χ3n) is 3.30. The van der Waals surface area contributed by atoms with Crippen molar-refractivity contribution in [3.63, 3.8) is 0 Å². The monoisotopic (exact) mass is 358 g/mol. The van der Waals surface area contributed by atoms with Crippen molar-refractivity contribution in [2.45, 2.75) is 13.8 Å². The van der Waals surface area contributed by atoms with Gasteiger partial charge in [0.25, 0.3) is 0 Å². The Bertz CT molecular complexity index is 912. The van der Waals surface area contributed by atoms with E-state index in [2.05, 4.69) is 15.3 Å². The number of hydrogen-bond acceptors (Lipinski definition) is 6. The van der Waals surface area contributed by atoms with E-state index >= 15 is 0 Å². The van der Waals surface area contributed by atoms with Crippen LogP contribution in [-0.4, -0.2) is 34.3 Å². The molecule has 1 aromatic carbocycles. The maximum absolute atomic E-state index is 5.68. The van der Waals surface area contributed by atoms with E-state index in [1.165, 1.54) is 4.68 Å². The average Bonchev–Trinajstić information content (AvgIpc) is 3.25. The molecule has 0 amide bonds. The average molecular weight is 358 g/mol. The number of nitrogens with zero attached hydrogens (tertiary/aromatic N) is 3. The van der Waals surface area contributed by atoms with E-state index in [0.717, 1.165) is 11.3 Å². The Hall–Kier alpha value is -2.87. The van der Waals surface area contributed by atoms with Gasteiger partial charge in [-0.05, 0) is 50.3 Å². The minimum Gasteiger partial charge on any atom is -0.494 e. The van der Waals surface area contributed by atoms with Crippen LogP contribution in [-0.2, 0) is 0 Å². The fourth-order valence-corrected chi connectivity index (χ4v) is 2.42. The lowest BCUT2D eigenvalue weighted by Gasteiger charge is -2.10. The largest absolute Gasteiger partial charge is 0.494 e. The lowest BCUT2D eigenvalue weighted by atomic mass is 10.2. The Labute approximate surface area is 149 Å². The van der Waals surface area contributed by atoms with Crippen molar-refractivity contribution in [3.8, 4) is 23.1 Å². The molecule has 0 bridgehead atoms. The van der Waals surface area contributed by atoms with Crippen molar-refractivity contribution < 1.29 is 13.9 Å². The summed E-state index contributed by atoms with van der Waals surface area (Å²) < 4.78 is 18.4. The van der Waals surface area contributed by atoms with Crippen LogP contribution in [0.3, 0.4) is 0 Å². The number of aromatic nitrogens is 3. The lowest BCUT2D eigenvalue weighted by molar-refractivity contribution is 0.323. The number of ether oxygens (including phenoxy) is 2. The first-order valence-electron chi connectivity index (χ1n) is 7.88. The van der Waals surface area contributed by atoms with E-state index in [4.69, 9.17) is 26.1 Å². The molecule has 0 unspecified atom stereocenters. The molecule has 8 heteroatoms. The SMILES string of the molecule is CCOc1ccc(/C=N\n2c(-c3ccco3)n[nH]c2=S)c(OCC)c1. The van der Waals surface area contributed by atoms with Crippen LogP contribution in [0.2, 0.25) is 0 Å². The summed E-state index contributed by atoms with van der Waals surface area (Å²) in [6.07, 6.45) is 3.24. The molecule has 0 saturated carbocycles. The third-order valence-corrected chi connectivity index (χ3v) is 3.56. The van der Waals surface area contributed by atoms with Crippen molar-refractivity contribution in [3.05, 3.63) is 46.9 Å². The van der Waals surface area contributed by atoms with Crippen LogP contribution in [0.25, 0.3) is 11.6 Å².